The fourth-order valence-electron chi connectivity index (χ4n) is 2.09. The zero-order valence-corrected chi connectivity index (χ0v) is 13.4. The summed E-state index contributed by atoms with van der Waals surface area (Å²) in [5.74, 6) is -1.68. The fourth-order valence-corrected chi connectivity index (χ4v) is 2.09. The van der Waals surface area contributed by atoms with Crippen molar-refractivity contribution in [2.45, 2.75) is 46.6 Å². The lowest BCUT2D eigenvalue weighted by atomic mass is 9.84. The van der Waals surface area contributed by atoms with E-state index in [1.807, 2.05) is 0 Å². The van der Waals surface area contributed by atoms with Crippen LogP contribution in [0.3, 0.4) is 0 Å². The Hall–Kier alpha value is -2.17. The maximum Gasteiger partial charge on any atom is 0.331 e. The van der Waals surface area contributed by atoms with E-state index in [-0.39, 0.29) is 17.8 Å². The van der Waals surface area contributed by atoms with Gasteiger partial charge in [-0.1, -0.05) is 26.0 Å². The van der Waals surface area contributed by atoms with E-state index in [0.29, 0.717) is 12.0 Å². The van der Waals surface area contributed by atoms with Crippen molar-refractivity contribution in [3.8, 4) is 0 Å². The Morgan fingerprint density at radius 2 is 2.00 bits per heavy atom. The SMILES string of the molecule is CC(=O)OC1/C=C(\C(=O)O)CCC=C(C)C(=O)C=CC1(C)C. The van der Waals surface area contributed by atoms with Crippen molar-refractivity contribution in [2.24, 2.45) is 5.41 Å². The van der Waals surface area contributed by atoms with Crippen molar-refractivity contribution < 1.29 is 24.2 Å². The molecule has 0 fully saturated rings. The molecule has 0 saturated heterocycles. The summed E-state index contributed by atoms with van der Waals surface area (Å²) in [5, 5.41) is 9.31. The molecule has 0 aromatic carbocycles. The number of hydrogen-bond donors (Lipinski definition) is 1. The van der Waals surface area contributed by atoms with Gasteiger partial charge in [-0.05, 0) is 37.5 Å². The van der Waals surface area contributed by atoms with Crippen molar-refractivity contribution in [3.05, 3.63) is 35.5 Å². The lowest BCUT2D eigenvalue weighted by Gasteiger charge is -2.29. The van der Waals surface area contributed by atoms with Crippen LogP contribution in [0.5, 0.6) is 0 Å². The van der Waals surface area contributed by atoms with Gasteiger partial charge in [0.25, 0.3) is 0 Å². The van der Waals surface area contributed by atoms with E-state index in [1.165, 1.54) is 19.1 Å². The van der Waals surface area contributed by atoms with Crippen LogP contribution >= 0.6 is 0 Å². The van der Waals surface area contributed by atoms with Crippen molar-refractivity contribution in [1.82, 2.24) is 0 Å². The van der Waals surface area contributed by atoms with E-state index < -0.39 is 23.5 Å². The lowest BCUT2D eigenvalue weighted by molar-refractivity contribution is -0.148. The van der Waals surface area contributed by atoms with Gasteiger partial charge in [-0.15, -0.1) is 0 Å². The monoisotopic (exact) mass is 306 g/mol. The molecule has 0 aromatic rings. The molecule has 0 aliphatic heterocycles. The molecule has 0 aromatic heterocycles. The van der Waals surface area contributed by atoms with Gasteiger partial charge in [0, 0.05) is 17.9 Å². The zero-order chi connectivity index (χ0) is 16.9. The number of carboxylic acid groups (broad SMARTS) is 1. The lowest BCUT2D eigenvalue weighted by Crippen LogP contribution is -2.31. The first-order chi connectivity index (χ1) is 10.1. The van der Waals surface area contributed by atoms with E-state index in [0.717, 1.165) is 0 Å². The number of ketones is 1. The Balaban J connectivity index is 3.33. The first-order valence-electron chi connectivity index (χ1n) is 7.15. The highest BCUT2D eigenvalue weighted by Gasteiger charge is 2.30. The van der Waals surface area contributed by atoms with E-state index in [9.17, 15) is 19.5 Å². The van der Waals surface area contributed by atoms with Gasteiger partial charge in [-0.3, -0.25) is 9.59 Å². The minimum absolute atomic E-state index is 0.131. The van der Waals surface area contributed by atoms with Gasteiger partial charge in [0.2, 0.25) is 0 Å². The average molecular weight is 306 g/mol. The highest BCUT2D eigenvalue weighted by atomic mass is 16.5. The number of allylic oxidation sites excluding steroid dienone is 3. The highest BCUT2D eigenvalue weighted by molar-refractivity contribution is 6.03. The largest absolute Gasteiger partial charge is 0.478 e. The third-order valence-corrected chi connectivity index (χ3v) is 3.57. The Labute approximate surface area is 130 Å². The maximum absolute atomic E-state index is 12.0. The third-order valence-electron chi connectivity index (χ3n) is 3.57. The Morgan fingerprint density at radius 1 is 1.36 bits per heavy atom. The predicted molar refractivity (Wildman–Crippen MR) is 82.2 cm³/mol. The third kappa shape index (κ3) is 4.98. The molecule has 22 heavy (non-hydrogen) atoms. The highest BCUT2D eigenvalue weighted by Crippen LogP contribution is 2.29. The van der Waals surface area contributed by atoms with E-state index in [2.05, 4.69) is 0 Å². The topological polar surface area (TPSA) is 80.7 Å². The van der Waals surface area contributed by atoms with Gasteiger partial charge >= 0.3 is 11.9 Å². The number of carbonyl (C=O) groups excluding carboxylic acids is 2. The summed E-state index contributed by atoms with van der Waals surface area (Å²) in [6, 6.07) is 0. The van der Waals surface area contributed by atoms with Crippen molar-refractivity contribution in [1.29, 1.82) is 0 Å². The van der Waals surface area contributed by atoms with Crippen LogP contribution in [0, 0.1) is 5.41 Å². The van der Waals surface area contributed by atoms with Crippen LogP contribution in [0.1, 0.15) is 40.5 Å². The normalized spacial score (nSPS) is 24.5. The molecule has 0 spiro atoms. The summed E-state index contributed by atoms with van der Waals surface area (Å²) < 4.78 is 5.26. The molecule has 5 heteroatoms. The second-order valence-electron chi connectivity index (χ2n) is 5.97. The molecule has 0 amide bonds. The molecular weight excluding hydrogens is 284 g/mol. The second kappa shape index (κ2) is 7.20. The number of aliphatic carboxylic acids is 1. The molecule has 1 rings (SSSR count). The molecule has 0 bridgehead atoms. The summed E-state index contributed by atoms with van der Waals surface area (Å²) in [6.07, 6.45) is 6.25. The molecule has 1 unspecified atom stereocenters. The zero-order valence-electron chi connectivity index (χ0n) is 13.4. The van der Waals surface area contributed by atoms with E-state index in [4.69, 9.17) is 4.74 Å². The number of carboxylic acids is 1. The smallest absolute Gasteiger partial charge is 0.331 e. The standard InChI is InChI=1S/C17H22O5/c1-11-6-5-7-13(16(20)21)10-15(22-12(2)18)17(3,4)9-8-14(11)19/h6,8-10,15H,5,7H2,1-4H3,(H,20,21)/b9-8?,11-6?,13-10-. The van der Waals surface area contributed by atoms with Crippen LogP contribution in [-0.4, -0.2) is 28.9 Å². The molecule has 1 atom stereocenters. The molecule has 120 valence electrons. The minimum atomic E-state index is -1.05. The number of ether oxygens (including phenoxy) is 1. The molecule has 5 nitrogen and oxygen atoms in total. The molecule has 1 aliphatic rings. The minimum Gasteiger partial charge on any atom is -0.478 e. The van der Waals surface area contributed by atoms with Gasteiger partial charge in [0.1, 0.15) is 6.10 Å². The van der Waals surface area contributed by atoms with Gasteiger partial charge < -0.3 is 9.84 Å². The first-order valence-corrected chi connectivity index (χ1v) is 7.15. The van der Waals surface area contributed by atoms with Crippen LogP contribution in [0.15, 0.2) is 35.5 Å². The second-order valence-corrected chi connectivity index (χ2v) is 5.97. The van der Waals surface area contributed by atoms with E-state index >= 15 is 0 Å². The number of carbonyl (C=O) groups is 3. The Bertz CT molecular complexity index is 564. The summed E-state index contributed by atoms with van der Waals surface area (Å²) in [6.45, 7) is 6.55. The number of rotatable bonds is 2. The van der Waals surface area contributed by atoms with Crippen LogP contribution in [0.25, 0.3) is 0 Å². The van der Waals surface area contributed by atoms with Crippen LogP contribution < -0.4 is 0 Å². The summed E-state index contributed by atoms with van der Waals surface area (Å²) in [4.78, 5) is 34.7. The average Bonchev–Trinajstić information content (AvgIpc) is 2.42. The summed E-state index contributed by atoms with van der Waals surface area (Å²) in [7, 11) is 0. The van der Waals surface area contributed by atoms with Gasteiger partial charge in [-0.25, -0.2) is 4.79 Å². The van der Waals surface area contributed by atoms with Gasteiger partial charge in [-0.2, -0.15) is 0 Å². The molecule has 1 N–H and O–H groups in total. The molecular formula is C17H22O5. The molecule has 0 heterocycles. The van der Waals surface area contributed by atoms with Crippen LogP contribution in [-0.2, 0) is 19.1 Å². The Morgan fingerprint density at radius 3 is 2.55 bits per heavy atom. The van der Waals surface area contributed by atoms with Crippen molar-refractivity contribution in [2.75, 3.05) is 0 Å². The van der Waals surface area contributed by atoms with Gasteiger partial charge in [0.05, 0.1) is 0 Å². The van der Waals surface area contributed by atoms with Crippen LogP contribution in [0.2, 0.25) is 0 Å². The van der Waals surface area contributed by atoms with Crippen molar-refractivity contribution >= 4 is 17.7 Å². The molecule has 0 radical (unpaired) electrons. The first kappa shape index (κ1) is 17.9. The summed E-state index contributed by atoms with van der Waals surface area (Å²) >= 11 is 0. The maximum atomic E-state index is 12.0. The Kier molecular flexibility index (Phi) is 5.85. The van der Waals surface area contributed by atoms with Crippen molar-refractivity contribution in [3.63, 3.8) is 0 Å². The number of esters is 1. The molecule has 0 saturated carbocycles. The van der Waals surface area contributed by atoms with Gasteiger partial charge in [0.15, 0.2) is 5.78 Å². The molecule has 1 aliphatic carbocycles. The fraction of sp³-hybridized carbons (Fsp3) is 0.471. The van der Waals surface area contributed by atoms with Crippen LogP contribution in [0.4, 0.5) is 0 Å². The van der Waals surface area contributed by atoms with E-state index in [1.54, 1.807) is 32.9 Å². The quantitative estimate of drug-likeness (QED) is 0.793. The predicted octanol–water partition coefficient (Wildman–Crippen LogP) is 2.82. The summed E-state index contributed by atoms with van der Waals surface area (Å²) in [5.41, 5.74) is 0.0426. The number of hydrogen-bond acceptors (Lipinski definition) is 4.